The number of aromatic nitrogens is 4. The Bertz CT molecular complexity index is 1310. The molecule has 1 aromatic carbocycles. The third-order valence-electron chi connectivity index (χ3n) is 4.52. The molecular formula is C20H18ClN5OS2. The van der Waals surface area contributed by atoms with Gasteiger partial charge in [0.25, 0.3) is 0 Å². The first-order valence-electron chi connectivity index (χ1n) is 9.05. The minimum absolute atomic E-state index is 0.0845. The Morgan fingerprint density at radius 3 is 2.69 bits per heavy atom. The zero-order valence-electron chi connectivity index (χ0n) is 15.8. The fraction of sp³-hybridized carbons (Fsp3) is 0.200. The Balaban J connectivity index is 1.71. The maximum atomic E-state index is 13.1. The second-order valence-corrected chi connectivity index (χ2v) is 8.56. The molecule has 0 fully saturated rings. The van der Waals surface area contributed by atoms with Crippen LogP contribution in [0.3, 0.4) is 0 Å². The lowest BCUT2D eigenvalue weighted by Gasteiger charge is -2.10. The van der Waals surface area contributed by atoms with Gasteiger partial charge in [-0.25, -0.2) is 9.67 Å². The van der Waals surface area contributed by atoms with Gasteiger partial charge in [-0.05, 0) is 62.5 Å². The first-order valence-corrected chi connectivity index (χ1v) is 10.6. The molecule has 0 atom stereocenters. The van der Waals surface area contributed by atoms with E-state index in [9.17, 15) is 4.79 Å². The summed E-state index contributed by atoms with van der Waals surface area (Å²) in [6.45, 7) is 5.03. The van der Waals surface area contributed by atoms with Crippen LogP contribution in [-0.4, -0.2) is 19.3 Å². The summed E-state index contributed by atoms with van der Waals surface area (Å²) >= 11 is 12.7. The number of fused-ring (bicyclic) bond motifs is 1. The van der Waals surface area contributed by atoms with Crippen LogP contribution in [0.4, 0.5) is 5.69 Å². The zero-order chi connectivity index (χ0) is 20.5. The van der Waals surface area contributed by atoms with Gasteiger partial charge in [-0.1, -0.05) is 22.9 Å². The van der Waals surface area contributed by atoms with Crippen LogP contribution >= 0.6 is 35.2 Å². The molecule has 4 aromatic rings. The predicted octanol–water partition coefficient (Wildman–Crippen LogP) is 5.10. The SMILES string of the molecule is CCn1cc(-c2nn(CNc3ccc(Cl)cc3)c(=S)s2)c(=O)c2ccc(C)nc21. The maximum absolute atomic E-state index is 13.1. The smallest absolute Gasteiger partial charge is 0.201 e. The highest BCUT2D eigenvalue weighted by Crippen LogP contribution is 2.23. The number of pyridine rings is 2. The van der Waals surface area contributed by atoms with Gasteiger partial charge in [-0.2, -0.15) is 5.10 Å². The Hall–Kier alpha value is -2.55. The van der Waals surface area contributed by atoms with Crippen molar-refractivity contribution in [2.45, 2.75) is 27.1 Å². The van der Waals surface area contributed by atoms with Crippen molar-refractivity contribution in [3.63, 3.8) is 0 Å². The molecule has 0 saturated heterocycles. The van der Waals surface area contributed by atoms with Gasteiger partial charge in [-0.15, -0.1) is 0 Å². The molecule has 0 unspecified atom stereocenters. The molecule has 0 spiro atoms. The first-order chi connectivity index (χ1) is 14.0. The molecule has 0 aliphatic heterocycles. The van der Waals surface area contributed by atoms with E-state index in [1.54, 1.807) is 4.68 Å². The van der Waals surface area contributed by atoms with E-state index < -0.39 is 0 Å². The highest BCUT2D eigenvalue weighted by atomic mass is 35.5. The minimum atomic E-state index is -0.0845. The Kier molecular flexibility index (Phi) is 5.49. The van der Waals surface area contributed by atoms with E-state index in [0.29, 0.717) is 43.8 Å². The quantitative estimate of drug-likeness (QED) is 0.434. The van der Waals surface area contributed by atoms with Gasteiger partial charge in [-0.3, -0.25) is 4.79 Å². The van der Waals surface area contributed by atoms with Crippen molar-refractivity contribution < 1.29 is 0 Å². The lowest BCUT2D eigenvalue weighted by molar-refractivity contribution is 0.665. The zero-order valence-corrected chi connectivity index (χ0v) is 18.2. The van der Waals surface area contributed by atoms with Crippen molar-refractivity contribution in [2.75, 3.05) is 5.32 Å². The van der Waals surface area contributed by atoms with E-state index in [4.69, 9.17) is 23.8 Å². The molecule has 0 amide bonds. The monoisotopic (exact) mass is 443 g/mol. The summed E-state index contributed by atoms with van der Waals surface area (Å²) in [6.07, 6.45) is 1.82. The molecular weight excluding hydrogens is 426 g/mol. The molecule has 3 aromatic heterocycles. The van der Waals surface area contributed by atoms with Crippen LogP contribution in [0.15, 0.2) is 47.4 Å². The Labute approximate surface area is 181 Å². The van der Waals surface area contributed by atoms with Crippen LogP contribution in [0, 0.1) is 10.9 Å². The second kappa shape index (κ2) is 8.06. The normalized spacial score (nSPS) is 11.1. The van der Waals surface area contributed by atoms with Crippen molar-refractivity contribution >= 4 is 51.9 Å². The molecule has 0 bridgehead atoms. The largest absolute Gasteiger partial charge is 0.366 e. The van der Waals surface area contributed by atoms with Crippen molar-refractivity contribution in [1.29, 1.82) is 0 Å². The molecule has 29 heavy (non-hydrogen) atoms. The van der Waals surface area contributed by atoms with Crippen LogP contribution in [0.2, 0.25) is 5.02 Å². The lowest BCUT2D eigenvalue weighted by Crippen LogP contribution is -2.14. The van der Waals surface area contributed by atoms with Crippen LogP contribution in [0.1, 0.15) is 12.6 Å². The van der Waals surface area contributed by atoms with Gasteiger partial charge in [0.1, 0.15) is 12.3 Å². The van der Waals surface area contributed by atoms with Crippen molar-refractivity contribution in [2.24, 2.45) is 0 Å². The lowest BCUT2D eigenvalue weighted by atomic mass is 10.2. The molecule has 0 saturated carbocycles. The molecule has 3 heterocycles. The average molecular weight is 444 g/mol. The maximum Gasteiger partial charge on any atom is 0.201 e. The molecule has 6 nitrogen and oxygen atoms in total. The number of rotatable bonds is 5. The summed E-state index contributed by atoms with van der Waals surface area (Å²) < 4.78 is 4.24. The van der Waals surface area contributed by atoms with Crippen molar-refractivity contribution in [1.82, 2.24) is 19.3 Å². The number of aryl methyl sites for hydroxylation is 2. The number of hydrogen-bond acceptors (Lipinski definition) is 6. The number of halogens is 1. The van der Waals surface area contributed by atoms with E-state index in [-0.39, 0.29) is 5.43 Å². The third-order valence-corrected chi connectivity index (χ3v) is 6.11. The highest BCUT2D eigenvalue weighted by Gasteiger charge is 2.15. The van der Waals surface area contributed by atoms with Crippen LogP contribution in [0.25, 0.3) is 21.6 Å². The van der Waals surface area contributed by atoms with Gasteiger partial charge in [0.2, 0.25) is 5.43 Å². The van der Waals surface area contributed by atoms with Gasteiger partial charge >= 0.3 is 0 Å². The molecule has 0 radical (unpaired) electrons. The first kappa shape index (κ1) is 19.8. The number of nitrogens with zero attached hydrogens (tertiary/aromatic N) is 4. The summed E-state index contributed by atoms with van der Waals surface area (Å²) in [5.74, 6) is 0. The summed E-state index contributed by atoms with van der Waals surface area (Å²) in [6, 6.07) is 11.1. The van der Waals surface area contributed by atoms with E-state index in [0.717, 1.165) is 11.4 Å². The minimum Gasteiger partial charge on any atom is -0.366 e. The van der Waals surface area contributed by atoms with E-state index >= 15 is 0 Å². The fourth-order valence-electron chi connectivity index (χ4n) is 3.00. The highest BCUT2D eigenvalue weighted by molar-refractivity contribution is 7.73. The van der Waals surface area contributed by atoms with E-state index in [1.807, 2.05) is 61.0 Å². The van der Waals surface area contributed by atoms with Crippen molar-refractivity contribution in [3.8, 4) is 10.6 Å². The number of nitrogens with one attached hydrogen (secondary N) is 1. The van der Waals surface area contributed by atoms with Gasteiger partial charge < -0.3 is 9.88 Å². The van der Waals surface area contributed by atoms with E-state index in [1.165, 1.54) is 11.3 Å². The van der Waals surface area contributed by atoms with Gasteiger partial charge in [0.05, 0.1) is 10.9 Å². The Morgan fingerprint density at radius 1 is 1.21 bits per heavy atom. The van der Waals surface area contributed by atoms with Crippen LogP contribution in [-0.2, 0) is 13.2 Å². The van der Waals surface area contributed by atoms with Crippen LogP contribution < -0.4 is 10.7 Å². The summed E-state index contributed by atoms with van der Waals surface area (Å²) in [5, 5.41) is 9.70. The molecule has 148 valence electrons. The molecule has 9 heteroatoms. The molecule has 0 aliphatic carbocycles. The Morgan fingerprint density at radius 2 is 1.97 bits per heavy atom. The van der Waals surface area contributed by atoms with Gasteiger partial charge in [0, 0.05) is 29.1 Å². The molecule has 1 N–H and O–H groups in total. The number of hydrogen-bond donors (Lipinski definition) is 1. The second-order valence-electron chi connectivity index (χ2n) is 6.50. The number of benzene rings is 1. The summed E-state index contributed by atoms with van der Waals surface area (Å²) in [7, 11) is 0. The summed E-state index contributed by atoms with van der Waals surface area (Å²) in [4.78, 5) is 17.6. The topological polar surface area (TPSA) is 64.7 Å². The fourth-order valence-corrected chi connectivity index (χ4v) is 4.24. The standard InChI is InChI=1S/C20H18ClN5OS2/c1-3-25-10-16(17(27)15-9-4-12(2)23-18(15)25)19-24-26(20(28)29-19)11-22-14-7-5-13(21)6-8-14/h4-10,22H,3,11H2,1-2H3. The van der Waals surface area contributed by atoms with Crippen molar-refractivity contribution in [3.05, 3.63) is 67.5 Å². The summed E-state index contributed by atoms with van der Waals surface area (Å²) in [5.41, 5.74) is 2.92. The predicted molar refractivity (Wildman–Crippen MR) is 121 cm³/mol. The average Bonchev–Trinajstić information content (AvgIpc) is 3.08. The number of anilines is 1. The van der Waals surface area contributed by atoms with Crippen LogP contribution in [0.5, 0.6) is 0 Å². The molecule has 0 aliphatic rings. The van der Waals surface area contributed by atoms with Gasteiger partial charge in [0.15, 0.2) is 8.96 Å². The van der Waals surface area contributed by atoms with E-state index in [2.05, 4.69) is 15.4 Å². The molecule has 4 rings (SSSR count). The third kappa shape index (κ3) is 3.96.